The van der Waals surface area contributed by atoms with Crippen molar-refractivity contribution < 1.29 is 8.95 Å². The predicted molar refractivity (Wildman–Crippen MR) is 61.1 cm³/mol. The number of hydrogen-bond donors (Lipinski definition) is 1. The molecule has 2 rings (SSSR count). The fraction of sp³-hybridized carbons (Fsp3) is 0.636. The topological polar surface area (TPSA) is 50.2 Å². The van der Waals surface area contributed by atoms with Crippen molar-refractivity contribution in [3.63, 3.8) is 0 Å². The first-order valence-corrected chi connectivity index (χ1v) is 7.26. The zero-order valence-corrected chi connectivity index (χ0v) is 9.76. The van der Waals surface area contributed by atoms with E-state index < -0.39 is 9.73 Å². The van der Waals surface area contributed by atoms with Crippen molar-refractivity contribution in [3.05, 3.63) is 23.1 Å². The van der Waals surface area contributed by atoms with E-state index >= 15 is 0 Å². The third-order valence-electron chi connectivity index (χ3n) is 3.01. The van der Waals surface area contributed by atoms with Crippen molar-refractivity contribution in [2.75, 3.05) is 12.9 Å². The number of ether oxygens (including phenoxy) is 1. The molecule has 3 atom stereocenters. The van der Waals surface area contributed by atoms with Crippen LogP contribution in [0.2, 0.25) is 0 Å². The molecule has 0 aromatic carbocycles. The Bertz CT molecular complexity index is 391. The van der Waals surface area contributed by atoms with Gasteiger partial charge >= 0.3 is 0 Å². The maximum atomic E-state index is 11.8. The first-order valence-electron chi connectivity index (χ1n) is 5.29. The standard InChI is InChI=1S/C11H17NO2S/c1-15(12,13)11-5-3-2-4-9(11)8-10-6-7-14-10/h2-3,5,9-10,12H,4,6-8H2,1H3/t9?,10-,15?/m1/s1. The molecule has 0 amide bonds. The maximum absolute atomic E-state index is 11.8. The van der Waals surface area contributed by atoms with E-state index in [9.17, 15) is 4.21 Å². The summed E-state index contributed by atoms with van der Waals surface area (Å²) in [6, 6.07) is 0. The molecule has 0 bridgehead atoms. The van der Waals surface area contributed by atoms with Gasteiger partial charge in [0.05, 0.1) is 15.8 Å². The Hall–Kier alpha value is -0.610. The van der Waals surface area contributed by atoms with E-state index in [0.717, 1.165) is 30.8 Å². The minimum Gasteiger partial charge on any atom is -0.378 e. The van der Waals surface area contributed by atoms with Crippen molar-refractivity contribution in [2.24, 2.45) is 5.92 Å². The van der Waals surface area contributed by atoms with E-state index in [0.29, 0.717) is 6.10 Å². The highest BCUT2D eigenvalue weighted by Crippen LogP contribution is 2.32. The summed E-state index contributed by atoms with van der Waals surface area (Å²) >= 11 is 0. The van der Waals surface area contributed by atoms with Crippen molar-refractivity contribution in [3.8, 4) is 0 Å². The van der Waals surface area contributed by atoms with Crippen LogP contribution < -0.4 is 0 Å². The molecule has 1 saturated heterocycles. The monoisotopic (exact) mass is 227 g/mol. The molecule has 0 aromatic heterocycles. The molecule has 84 valence electrons. The zero-order chi connectivity index (χ0) is 10.9. The molecule has 1 aliphatic heterocycles. The molecule has 15 heavy (non-hydrogen) atoms. The van der Waals surface area contributed by atoms with Gasteiger partial charge in [0.2, 0.25) is 0 Å². The summed E-state index contributed by atoms with van der Waals surface area (Å²) in [6.07, 6.45) is 10.6. The summed E-state index contributed by atoms with van der Waals surface area (Å²) in [5, 5.41) is 0. The van der Waals surface area contributed by atoms with Gasteiger partial charge in [-0.1, -0.05) is 12.2 Å². The molecule has 0 aromatic rings. The molecule has 2 aliphatic rings. The van der Waals surface area contributed by atoms with Gasteiger partial charge in [0.1, 0.15) is 0 Å². The normalized spacial score (nSPS) is 34.1. The summed E-state index contributed by atoms with van der Waals surface area (Å²) in [7, 11) is -2.55. The van der Waals surface area contributed by atoms with Crippen LogP contribution in [0.5, 0.6) is 0 Å². The average Bonchev–Trinajstić information content (AvgIpc) is 2.10. The van der Waals surface area contributed by atoms with Gasteiger partial charge < -0.3 is 4.74 Å². The van der Waals surface area contributed by atoms with Gasteiger partial charge in [-0.15, -0.1) is 0 Å². The molecule has 2 unspecified atom stereocenters. The molecule has 1 fully saturated rings. The SMILES string of the molecule is CS(=N)(=O)C1=CC=CCC1C[C@H]1CCO1. The van der Waals surface area contributed by atoms with Crippen LogP contribution in [0.15, 0.2) is 23.1 Å². The Morgan fingerprint density at radius 3 is 2.93 bits per heavy atom. The minimum absolute atomic E-state index is 0.246. The Morgan fingerprint density at radius 2 is 2.40 bits per heavy atom. The van der Waals surface area contributed by atoms with Crippen LogP contribution >= 0.6 is 0 Å². The lowest BCUT2D eigenvalue weighted by Crippen LogP contribution is -2.30. The van der Waals surface area contributed by atoms with Crippen molar-refractivity contribution in [2.45, 2.75) is 25.4 Å². The summed E-state index contributed by atoms with van der Waals surface area (Å²) in [5.41, 5.74) is 0. The highest BCUT2D eigenvalue weighted by Gasteiger charge is 2.27. The smallest absolute Gasteiger partial charge is 0.0661 e. The van der Waals surface area contributed by atoms with E-state index in [1.165, 1.54) is 6.26 Å². The molecule has 1 N–H and O–H groups in total. The van der Waals surface area contributed by atoms with Gasteiger partial charge in [-0.2, -0.15) is 0 Å². The number of rotatable bonds is 3. The van der Waals surface area contributed by atoms with Gasteiger partial charge in [-0.3, -0.25) is 0 Å². The fourth-order valence-corrected chi connectivity index (χ4v) is 3.27. The second-order valence-corrected chi connectivity index (χ2v) is 6.45. The summed E-state index contributed by atoms with van der Waals surface area (Å²) in [6.45, 7) is 0.856. The third-order valence-corrected chi connectivity index (χ3v) is 4.38. The number of nitrogens with one attached hydrogen (secondary N) is 1. The molecular formula is C11H17NO2S. The molecule has 0 radical (unpaired) electrons. The molecule has 0 spiro atoms. The Kier molecular flexibility index (Phi) is 2.98. The summed E-state index contributed by atoms with van der Waals surface area (Å²) in [4.78, 5) is 0.792. The number of allylic oxidation sites excluding steroid dienone is 4. The van der Waals surface area contributed by atoms with E-state index in [-0.39, 0.29) is 5.92 Å². The van der Waals surface area contributed by atoms with Crippen LogP contribution in [-0.2, 0) is 14.5 Å². The first-order chi connectivity index (χ1) is 7.07. The van der Waals surface area contributed by atoms with Crippen molar-refractivity contribution >= 4 is 9.73 Å². The van der Waals surface area contributed by atoms with Gasteiger partial charge in [-0.05, 0) is 31.3 Å². The molecule has 3 nitrogen and oxygen atoms in total. The Labute approximate surface area is 91.2 Å². The lowest BCUT2D eigenvalue weighted by Gasteiger charge is -2.31. The van der Waals surface area contributed by atoms with Crippen molar-refractivity contribution in [1.29, 1.82) is 4.78 Å². The highest BCUT2D eigenvalue weighted by atomic mass is 32.2. The average molecular weight is 227 g/mol. The molecule has 1 aliphatic carbocycles. The Morgan fingerprint density at radius 1 is 1.67 bits per heavy atom. The van der Waals surface area contributed by atoms with E-state index in [4.69, 9.17) is 9.52 Å². The third kappa shape index (κ3) is 2.49. The predicted octanol–water partition coefficient (Wildman–Crippen LogP) is 2.30. The van der Waals surface area contributed by atoms with Gasteiger partial charge in [0.15, 0.2) is 0 Å². The van der Waals surface area contributed by atoms with Gasteiger partial charge in [-0.25, -0.2) is 8.99 Å². The van der Waals surface area contributed by atoms with Gasteiger partial charge in [0.25, 0.3) is 0 Å². The Balaban J connectivity index is 2.10. The molecular weight excluding hydrogens is 210 g/mol. The minimum atomic E-state index is -2.55. The molecule has 0 saturated carbocycles. The molecule has 1 heterocycles. The largest absolute Gasteiger partial charge is 0.378 e. The zero-order valence-electron chi connectivity index (χ0n) is 8.94. The van der Waals surface area contributed by atoms with Crippen LogP contribution in [-0.4, -0.2) is 23.2 Å². The second-order valence-electron chi connectivity index (χ2n) is 4.29. The molecule has 4 heteroatoms. The van der Waals surface area contributed by atoms with E-state index in [1.54, 1.807) is 0 Å². The quantitative estimate of drug-likeness (QED) is 0.804. The fourth-order valence-electron chi connectivity index (χ4n) is 2.11. The lowest BCUT2D eigenvalue weighted by molar-refractivity contribution is -0.0600. The second kappa shape index (κ2) is 4.10. The first kappa shape index (κ1) is 10.9. The van der Waals surface area contributed by atoms with Crippen LogP contribution in [0.25, 0.3) is 0 Å². The lowest BCUT2D eigenvalue weighted by atomic mass is 9.92. The summed E-state index contributed by atoms with van der Waals surface area (Å²) < 4.78 is 24.8. The van der Waals surface area contributed by atoms with Crippen LogP contribution in [0.1, 0.15) is 19.3 Å². The van der Waals surface area contributed by atoms with E-state index in [1.807, 2.05) is 12.2 Å². The highest BCUT2D eigenvalue weighted by molar-refractivity contribution is 7.95. The van der Waals surface area contributed by atoms with Crippen LogP contribution in [0, 0.1) is 10.7 Å². The number of hydrogen-bond acceptors (Lipinski definition) is 3. The van der Waals surface area contributed by atoms with Crippen molar-refractivity contribution in [1.82, 2.24) is 0 Å². The maximum Gasteiger partial charge on any atom is 0.0661 e. The van der Waals surface area contributed by atoms with Crippen LogP contribution in [0.4, 0.5) is 0 Å². The van der Waals surface area contributed by atoms with Gasteiger partial charge in [0, 0.05) is 17.8 Å². The summed E-state index contributed by atoms with van der Waals surface area (Å²) in [5.74, 6) is 0.246. The van der Waals surface area contributed by atoms with Crippen LogP contribution in [0.3, 0.4) is 0 Å². The van der Waals surface area contributed by atoms with E-state index in [2.05, 4.69) is 6.08 Å².